The molecule has 0 aliphatic carbocycles. The van der Waals surface area contributed by atoms with Crippen molar-refractivity contribution in [3.8, 4) is 12.3 Å². The molecule has 0 aliphatic rings. The molecule has 6 nitrogen and oxygen atoms in total. The third-order valence-corrected chi connectivity index (χ3v) is 4.74. The summed E-state index contributed by atoms with van der Waals surface area (Å²) in [5.74, 6) is 1.91. The summed E-state index contributed by atoms with van der Waals surface area (Å²) in [7, 11) is -4.27. The zero-order valence-electron chi connectivity index (χ0n) is 13.9. The van der Waals surface area contributed by atoms with Crippen LogP contribution in [0.2, 0.25) is 5.02 Å². The summed E-state index contributed by atoms with van der Waals surface area (Å²) >= 11 is 5.88. The first-order valence-corrected chi connectivity index (χ1v) is 8.86. The SMILES string of the molecule is C#CCN(c1ccc(Cl)cc1C(C)=NOCCOC)S(=O)(=O)C(F)(F)F. The average molecular weight is 413 g/mol. The van der Waals surface area contributed by atoms with Gasteiger partial charge in [-0.3, -0.25) is 4.31 Å². The van der Waals surface area contributed by atoms with Gasteiger partial charge in [0, 0.05) is 17.7 Å². The fourth-order valence-corrected chi connectivity index (χ4v) is 2.92. The summed E-state index contributed by atoms with van der Waals surface area (Å²) in [5, 5.41) is 3.91. The van der Waals surface area contributed by atoms with Crippen molar-refractivity contribution in [2.75, 3.05) is 31.2 Å². The number of methoxy groups -OCH3 is 1. The number of sulfonamides is 1. The van der Waals surface area contributed by atoms with Gasteiger partial charge in [-0.1, -0.05) is 22.7 Å². The number of hydrogen-bond donors (Lipinski definition) is 0. The zero-order valence-corrected chi connectivity index (χ0v) is 15.5. The maximum absolute atomic E-state index is 13.0. The average Bonchev–Trinajstić information content (AvgIpc) is 2.55. The molecule has 0 atom stereocenters. The van der Waals surface area contributed by atoms with Gasteiger partial charge in [0.1, 0.15) is 6.61 Å². The van der Waals surface area contributed by atoms with E-state index < -0.39 is 22.1 Å². The maximum Gasteiger partial charge on any atom is 0.516 e. The lowest BCUT2D eigenvalue weighted by molar-refractivity contribution is -0.0437. The minimum Gasteiger partial charge on any atom is -0.393 e. The Kier molecular flexibility index (Phi) is 7.74. The topological polar surface area (TPSA) is 68.2 Å². The van der Waals surface area contributed by atoms with E-state index in [1.54, 1.807) is 0 Å². The van der Waals surface area contributed by atoms with Gasteiger partial charge in [0.25, 0.3) is 0 Å². The van der Waals surface area contributed by atoms with E-state index in [4.69, 9.17) is 27.6 Å². The Morgan fingerprint density at radius 2 is 2.04 bits per heavy atom. The molecule has 26 heavy (non-hydrogen) atoms. The smallest absolute Gasteiger partial charge is 0.393 e. The molecule has 0 heterocycles. The van der Waals surface area contributed by atoms with Crippen molar-refractivity contribution in [2.24, 2.45) is 5.16 Å². The lowest BCUT2D eigenvalue weighted by atomic mass is 10.1. The van der Waals surface area contributed by atoms with Crippen LogP contribution in [-0.4, -0.2) is 46.5 Å². The molecule has 11 heteroatoms. The van der Waals surface area contributed by atoms with Crippen molar-refractivity contribution in [2.45, 2.75) is 12.4 Å². The highest BCUT2D eigenvalue weighted by Crippen LogP contribution is 2.34. The molecule has 0 amide bonds. The van der Waals surface area contributed by atoms with Gasteiger partial charge in [-0.2, -0.15) is 21.6 Å². The Bertz CT molecular complexity index is 804. The van der Waals surface area contributed by atoms with E-state index >= 15 is 0 Å². The van der Waals surface area contributed by atoms with Crippen molar-refractivity contribution >= 4 is 33.0 Å². The third kappa shape index (κ3) is 5.27. The Balaban J connectivity index is 3.44. The van der Waals surface area contributed by atoms with Gasteiger partial charge in [0.15, 0.2) is 0 Å². The van der Waals surface area contributed by atoms with Gasteiger partial charge < -0.3 is 9.57 Å². The molecule has 144 valence electrons. The second-order valence-corrected chi connectivity index (χ2v) is 7.12. The number of ether oxygens (including phenoxy) is 1. The van der Waals surface area contributed by atoms with Crippen LogP contribution in [0.25, 0.3) is 0 Å². The fraction of sp³-hybridized carbons (Fsp3) is 0.400. The maximum atomic E-state index is 13.0. The number of hydrogen-bond acceptors (Lipinski definition) is 5. The molecule has 0 aliphatic heterocycles. The number of halogens is 4. The highest BCUT2D eigenvalue weighted by atomic mass is 35.5. The molecule has 0 N–H and O–H groups in total. The van der Waals surface area contributed by atoms with Crippen molar-refractivity contribution in [3.63, 3.8) is 0 Å². The third-order valence-electron chi connectivity index (χ3n) is 3.01. The van der Waals surface area contributed by atoms with Crippen molar-refractivity contribution in [1.82, 2.24) is 0 Å². The summed E-state index contributed by atoms with van der Waals surface area (Å²) in [5.41, 5.74) is -5.71. The predicted molar refractivity (Wildman–Crippen MR) is 92.6 cm³/mol. The molecule has 0 saturated heterocycles. The standard InChI is InChI=1S/C15H16ClF3N2O4S/c1-4-7-21(26(22,23)15(17,18)19)14-6-5-12(16)10-13(14)11(2)20-25-9-8-24-3/h1,5-6,10H,7-9H2,2-3H3. The number of alkyl halides is 3. The quantitative estimate of drug-likeness (QED) is 0.285. The van der Waals surface area contributed by atoms with Gasteiger partial charge in [0.05, 0.1) is 24.6 Å². The molecule has 0 aromatic heterocycles. The van der Waals surface area contributed by atoms with E-state index in [1.165, 1.54) is 26.2 Å². The molecule has 0 saturated carbocycles. The van der Waals surface area contributed by atoms with Gasteiger partial charge in [-0.15, -0.1) is 6.42 Å². The van der Waals surface area contributed by atoms with E-state index in [-0.39, 0.29) is 39.5 Å². The molecular weight excluding hydrogens is 397 g/mol. The molecule has 0 spiro atoms. The summed E-state index contributed by atoms with van der Waals surface area (Å²) in [6.45, 7) is 0.939. The highest BCUT2D eigenvalue weighted by Gasteiger charge is 2.50. The second kappa shape index (κ2) is 9.12. The van der Waals surface area contributed by atoms with Crippen LogP contribution in [0.5, 0.6) is 0 Å². The van der Waals surface area contributed by atoms with E-state index in [1.807, 2.05) is 5.92 Å². The summed E-state index contributed by atoms with van der Waals surface area (Å²) in [6.07, 6.45) is 5.06. The molecule has 0 bridgehead atoms. The van der Waals surface area contributed by atoms with Crippen LogP contribution in [0.4, 0.5) is 18.9 Å². The summed E-state index contributed by atoms with van der Waals surface area (Å²) in [6, 6.07) is 3.63. The van der Waals surface area contributed by atoms with Gasteiger partial charge in [0.2, 0.25) is 0 Å². The number of anilines is 1. The van der Waals surface area contributed by atoms with Gasteiger partial charge in [-0.05, 0) is 25.1 Å². The molecule has 0 unspecified atom stereocenters. The normalized spacial score (nSPS) is 12.6. The highest BCUT2D eigenvalue weighted by molar-refractivity contribution is 7.93. The van der Waals surface area contributed by atoms with Crippen LogP contribution < -0.4 is 4.31 Å². The molecule has 0 radical (unpaired) electrons. The summed E-state index contributed by atoms with van der Waals surface area (Å²) < 4.78 is 67.6. The van der Waals surface area contributed by atoms with Gasteiger partial charge >= 0.3 is 15.5 Å². The summed E-state index contributed by atoms with van der Waals surface area (Å²) in [4.78, 5) is 4.97. The molecule has 0 fully saturated rings. The first-order chi connectivity index (χ1) is 12.1. The number of nitrogens with zero attached hydrogens (tertiary/aromatic N) is 2. The monoisotopic (exact) mass is 412 g/mol. The van der Waals surface area contributed by atoms with Crippen LogP contribution in [0.15, 0.2) is 23.4 Å². The van der Waals surface area contributed by atoms with Crippen LogP contribution in [0.1, 0.15) is 12.5 Å². The van der Waals surface area contributed by atoms with E-state index in [2.05, 4.69) is 5.16 Å². The fourth-order valence-electron chi connectivity index (χ4n) is 1.84. The number of terminal acetylenes is 1. The van der Waals surface area contributed by atoms with Crippen LogP contribution in [0.3, 0.4) is 0 Å². The lowest BCUT2D eigenvalue weighted by Gasteiger charge is -2.25. The number of oxime groups is 1. The molecule has 1 aromatic rings. The first-order valence-electron chi connectivity index (χ1n) is 7.04. The minimum absolute atomic E-state index is 0.0259. The largest absolute Gasteiger partial charge is 0.516 e. The number of rotatable bonds is 8. The number of benzene rings is 1. The lowest BCUT2D eigenvalue weighted by Crippen LogP contribution is -2.41. The first kappa shape index (κ1) is 22.1. The molecule has 1 rings (SSSR count). The van der Waals surface area contributed by atoms with E-state index in [0.717, 1.165) is 6.07 Å². The van der Waals surface area contributed by atoms with Gasteiger partial charge in [-0.25, -0.2) is 0 Å². The van der Waals surface area contributed by atoms with Crippen LogP contribution in [-0.2, 0) is 19.6 Å². The van der Waals surface area contributed by atoms with Crippen LogP contribution in [0, 0.1) is 12.3 Å². The van der Waals surface area contributed by atoms with Crippen molar-refractivity contribution in [1.29, 1.82) is 0 Å². The van der Waals surface area contributed by atoms with Crippen LogP contribution >= 0.6 is 11.6 Å². The van der Waals surface area contributed by atoms with Crippen molar-refractivity contribution in [3.05, 3.63) is 28.8 Å². The predicted octanol–water partition coefficient (Wildman–Crippen LogP) is 3.02. The van der Waals surface area contributed by atoms with Crippen molar-refractivity contribution < 1.29 is 31.2 Å². The minimum atomic E-state index is -5.72. The second-order valence-electron chi connectivity index (χ2n) is 4.83. The molecular formula is C15H16ClF3N2O4S. The Morgan fingerprint density at radius 3 is 2.58 bits per heavy atom. The molecule has 1 aromatic carbocycles. The van der Waals surface area contributed by atoms with E-state index in [9.17, 15) is 21.6 Å². The van der Waals surface area contributed by atoms with E-state index in [0.29, 0.717) is 0 Å². The Hall–Kier alpha value is -1.96. The Morgan fingerprint density at radius 1 is 1.38 bits per heavy atom. The Labute approximate surface area is 154 Å². The zero-order chi connectivity index (χ0) is 20.0.